The lowest BCUT2D eigenvalue weighted by Crippen LogP contribution is -2.26. The molecule has 2 aromatic heterocycles. The van der Waals surface area contributed by atoms with Gasteiger partial charge in [0.05, 0.1) is 29.2 Å². The molecule has 5 nitrogen and oxygen atoms in total. The van der Waals surface area contributed by atoms with Gasteiger partial charge in [0, 0.05) is 6.20 Å². The maximum atomic E-state index is 12.4. The predicted molar refractivity (Wildman–Crippen MR) is 72.8 cm³/mol. The van der Waals surface area contributed by atoms with E-state index in [1.807, 2.05) is 0 Å². The van der Waals surface area contributed by atoms with Gasteiger partial charge in [-0.05, 0) is 19.1 Å². The topological polar surface area (TPSA) is 51.0 Å². The van der Waals surface area contributed by atoms with Crippen LogP contribution in [0.15, 0.2) is 24.5 Å². The summed E-state index contributed by atoms with van der Waals surface area (Å²) in [7, 11) is 0. The Balaban J connectivity index is 1.92. The van der Waals surface area contributed by atoms with Gasteiger partial charge in [0.2, 0.25) is 0 Å². The molecule has 3 rings (SSSR count). The normalized spacial score (nSPS) is 18.0. The molecule has 1 atom stereocenters. The quantitative estimate of drug-likeness (QED) is 0.794. The van der Waals surface area contributed by atoms with Gasteiger partial charge in [-0.3, -0.25) is 14.4 Å². The summed E-state index contributed by atoms with van der Waals surface area (Å²) in [5, 5.41) is 3.91. The van der Waals surface area contributed by atoms with Crippen LogP contribution in [0.1, 0.15) is 29.0 Å². The molecule has 0 saturated heterocycles. The molecule has 1 unspecified atom stereocenters. The molecule has 2 aromatic rings. The van der Waals surface area contributed by atoms with Crippen LogP contribution in [0.4, 0.5) is 18.9 Å². The molecule has 1 amide bonds. The van der Waals surface area contributed by atoms with E-state index in [9.17, 15) is 18.0 Å². The number of pyridine rings is 1. The van der Waals surface area contributed by atoms with E-state index in [0.717, 1.165) is 4.68 Å². The van der Waals surface area contributed by atoms with Crippen molar-refractivity contribution < 1.29 is 18.0 Å². The fourth-order valence-corrected chi connectivity index (χ4v) is 2.62. The number of amides is 1. The zero-order chi connectivity index (χ0) is 16.1. The van der Waals surface area contributed by atoms with Crippen molar-refractivity contribution in [2.24, 2.45) is 0 Å². The highest BCUT2D eigenvalue weighted by Crippen LogP contribution is 2.36. The number of hydrogen-bond donors (Lipinski definition) is 0. The third-order valence-corrected chi connectivity index (χ3v) is 3.57. The van der Waals surface area contributed by atoms with Crippen LogP contribution in [0.2, 0.25) is 5.15 Å². The Hall–Kier alpha value is -2.09. The van der Waals surface area contributed by atoms with Crippen molar-refractivity contribution in [3.05, 3.63) is 40.9 Å². The first-order valence-corrected chi connectivity index (χ1v) is 6.73. The molecule has 9 heteroatoms. The minimum Gasteiger partial charge on any atom is -0.296 e. The number of carbonyl (C=O) groups excluding carboxylic acids is 1. The summed E-state index contributed by atoms with van der Waals surface area (Å²) in [6.45, 7) is 0.522. The van der Waals surface area contributed by atoms with Crippen LogP contribution in [0.3, 0.4) is 0 Å². The van der Waals surface area contributed by atoms with Crippen molar-refractivity contribution in [2.45, 2.75) is 25.7 Å². The highest BCUT2D eigenvalue weighted by atomic mass is 35.5. The van der Waals surface area contributed by atoms with Gasteiger partial charge in [0.15, 0.2) is 0 Å². The molecule has 0 bridgehead atoms. The fraction of sp³-hybridized carbons (Fsp3) is 0.308. The Morgan fingerprint density at radius 2 is 2.09 bits per heavy atom. The molecule has 0 N–H and O–H groups in total. The second kappa shape index (κ2) is 4.98. The third kappa shape index (κ3) is 2.54. The first kappa shape index (κ1) is 14.8. The Morgan fingerprint density at radius 1 is 1.36 bits per heavy atom. The van der Waals surface area contributed by atoms with Crippen LogP contribution < -0.4 is 4.90 Å². The van der Waals surface area contributed by atoms with Crippen molar-refractivity contribution >= 4 is 23.2 Å². The lowest BCUT2D eigenvalue weighted by molar-refractivity contribution is -0.142. The summed E-state index contributed by atoms with van der Waals surface area (Å²) in [4.78, 5) is 17.9. The number of alkyl halides is 3. The largest absolute Gasteiger partial charge is 0.408 e. The van der Waals surface area contributed by atoms with Gasteiger partial charge in [-0.1, -0.05) is 11.6 Å². The lowest BCUT2D eigenvalue weighted by Gasteiger charge is -2.19. The first-order chi connectivity index (χ1) is 10.3. The Kier molecular flexibility index (Phi) is 3.36. The lowest BCUT2D eigenvalue weighted by atomic mass is 10.2. The molecule has 1 aliphatic rings. The van der Waals surface area contributed by atoms with Gasteiger partial charge in [-0.15, -0.1) is 0 Å². The van der Waals surface area contributed by atoms with Gasteiger partial charge in [0.25, 0.3) is 5.91 Å². The van der Waals surface area contributed by atoms with Crippen molar-refractivity contribution in [2.75, 3.05) is 4.90 Å². The summed E-state index contributed by atoms with van der Waals surface area (Å²) in [5.41, 5.74) is 1.18. The maximum absolute atomic E-state index is 12.4. The molecule has 1 aliphatic heterocycles. The molecule has 22 heavy (non-hydrogen) atoms. The molecule has 0 saturated carbocycles. The Morgan fingerprint density at radius 3 is 2.77 bits per heavy atom. The number of rotatable bonds is 2. The van der Waals surface area contributed by atoms with Gasteiger partial charge in [0.1, 0.15) is 11.7 Å². The van der Waals surface area contributed by atoms with E-state index in [1.54, 1.807) is 13.0 Å². The molecular formula is C13H10ClF3N4O. The van der Waals surface area contributed by atoms with E-state index in [1.165, 1.54) is 23.4 Å². The van der Waals surface area contributed by atoms with Gasteiger partial charge in [-0.25, -0.2) is 4.98 Å². The van der Waals surface area contributed by atoms with Crippen LogP contribution in [0.5, 0.6) is 0 Å². The number of anilines is 1. The van der Waals surface area contributed by atoms with E-state index in [-0.39, 0.29) is 16.7 Å². The molecule has 0 radical (unpaired) electrons. The van der Waals surface area contributed by atoms with Crippen LogP contribution >= 0.6 is 11.6 Å². The molecule has 0 spiro atoms. The van der Waals surface area contributed by atoms with Crippen molar-refractivity contribution in [3.63, 3.8) is 0 Å². The number of fused-ring (bicyclic) bond motifs is 1. The number of carbonyl (C=O) groups is 1. The first-order valence-electron chi connectivity index (χ1n) is 6.35. The highest BCUT2D eigenvalue weighted by Gasteiger charge is 2.37. The van der Waals surface area contributed by atoms with Crippen molar-refractivity contribution in [3.8, 4) is 0 Å². The van der Waals surface area contributed by atoms with E-state index in [4.69, 9.17) is 11.6 Å². The average Bonchev–Trinajstić information content (AvgIpc) is 2.92. The van der Waals surface area contributed by atoms with Gasteiger partial charge < -0.3 is 0 Å². The number of halogens is 4. The van der Waals surface area contributed by atoms with Crippen LogP contribution in [-0.4, -0.2) is 26.8 Å². The van der Waals surface area contributed by atoms with Crippen LogP contribution in [-0.2, 0) is 6.54 Å². The average molecular weight is 331 g/mol. The van der Waals surface area contributed by atoms with Crippen molar-refractivity contribution in [1.29, 1.82) is 0 Å². The Bertz CT molecular complexity index is 743. The van der Waals surface area contributed by atoms with E-state index >= 15 is 0 Å². The maximum Gasteiger partial charge on any atom is 0.408 e. The Labute approximate surface area is 128 Å². The SMILES string of the molecule is CC1c2nc(Cl)ccc2C(=O)N1c1cnn(CC(F)(F)F)c1. The van der Waals surface area contributed by atoms with Crippen molar-refractivity contribution in [1.82, 2.24) is 14.8 Å². The zero-order valence-corrected chi connectivity index (χ0v) is 12.1. The van der Waals surface area contributed by atoms with Gasteiger partial charge >= 0.3 is 6.18 Å². The second-order valence-corrected chi connectivity index (χ2v) is 5.32. The van der Waals surface area contributed by atoms with E-state index < -0.39 is 18.8 Å². The summed E-state index contributed by atoms with van der Waals surface area (Å²) in [6.07, 6.45) is -1.95. The summed E-state index contributed by atoms with van der Waals surface area (Å²) in [5.74, 6) is -0.335. The molecule has 3 heterocycles. The second-order valence-electron chi connectivity index (χ2n) is 4.93. The van der Waals surface area contributed by atoms with E-state index in [0.29, 0.717) is 11.3 Å². The van der Waals surface area contributed by atoms with E-state index in [2.05, 4.69) is 10.1 Å². The summed E-state index contributed by atoms with van der Waals surface area (Å²) >= 11 is 5.82. The van der Waals surface area contributed by atoms with Crippen LogP contribution in [0, 0.1) is 0 Å². The molecule has 0 fully saturated rings. The number of nitrogens with zero attached hydrogens (tertiary/aromatic N) is 4. The minimum absolute atomic E-state index is 0.257. The molecule has 0 aliphatic carbocycles. The summed E-state index contributed by atoms with van der Waals surface area (Å²) < 4.78 is 37.9. The molecule has 116 valence electrons. The fourth-order valence-electron chi connectivity index (χ4n) is 2.47. The smallest absolute Gasteiger partial charge is 0.296 e. The minimum atomic E-state index is -4.37. The molecule has 0 aromatic carbocycles. The molecular weight excluding hydrogens is 321 g/mol. The van der Waals surface area contributed by atoms with Gasteiger partial charge in [-0.2, -0.15) is 18.3 Å². The number of aromatic nitrogens is 3. The standard InChI is InChI=1S/C13H10ClF3N4O/c1-7-11-9(2-3-10(14)19-11)12(22)21(7)8-4-18-20(5-8)6-13(15,16)17/h2-5,7H,6H2,1H3. The zero-order valence-electron chi connectivity index (χ0n) is 11.3. The van der Waals surface area contributed by atoms with Crippen LogP contribution in [0.25, 0.3) is 0 Å². The third-order valence-electron chi connectivity index (χ3n) is 3.36. The number of hydrogen-bond acceptors (Lipinski definition) is 3. The predicted octanol–water partition coefficient (Wildman–Crippen LogP) is 3.22. The summed E-state index contributed by atoms with van der Waals surface area (Å²) in [6, 6.07) is 2.63. The monoisotopic (exact) mass is 330 g/mol. The highest BCUT2D eigenvalue weighted by molar-refractivity contribution is 6.29.